The minimum absolute atomic E-state index is 0.140. The van der Waals surface area contributed by atoms with Crippen molar-refractivity contribution in [1.29, 1.82) is 0 Å². The van der Waals surface area contributed by atoms with E-state index in [2.05, 4.69) is 10.1 Å². The van der Waals surface area contributed by atoms with Crippen molar-refractivity contribution in [3.05, 3.63) is 48.0 Å². The topological polar surface area (TPSA) is 56.0 Å². The maximum absolute atomic E-state index is 12.9. The van der Waals surface area contributed by atoms with Crippen molar-refractivity contribution in [2.75, 3.05) is 6.54 Å². The molecule has 3 heterocycles. The van der Waals surface area contributed by atoms with Gasteiger partial charge in [0.1, 0.15) is 12.4 Å². The fourth-order valence-electron chi connectivity index (χ4n) is 3.65. The number of amides is 1. The molecule has 0 spiro atoms. The molecule has 1 aliphatic heterocycles. The van der Waals surface area contributed by atoms with Crippen LogP contribution in [0.3, 0.4) is 0 Å². The van der Waals surface area contributed by atoms with Gasteiger partial charge in [0.25, 0.3) is 0 Å². The lowest BCUT2D eigenvalue weighted by atomic mass is 10.1. The molecule has 0 saturated carbocycles. The van der Waals surface area contributed by atoms with Crippen LogP contribution < -0.4 is 0 Å². The average molecular weight is 323 g/mol. The Labute approximate surface area is 140 Å². The van der Waals surface area contributed by atoms with Gasteiger partial charge >= 0.3 is 0 Å². The Bertz CT molecular complexity index is 894. The van der Waals surface area contributed by atoms with Crippen LogP contribution in [0.1, 0.15) is 30.3 Å². The summed E-state index contributed by atoms with van der Waals surface area (Å²) in [4.78, 5) is 19.5. The minimum Gasteiger partial charge on any atom is -0.334 e. The number of aryl methyl sites for hydroxylation is 2. The number of benzene rings is 1. The van der Waals surface area contributed by atoms with Gasteiger partial charge in [-0.15, -0.1) is 0 Å². The molecular formula is C18H21N5O. The number of aromatic nitrogens is 4. The molecule has 0 bridgehead atoms. The van der Waals surface area contributed by atoms with E-state index in [0.29, 0.717) is 6.54 Å². The summed E-state index contributed by atoms with van der Waals surface area (Å²) in [6, 6.07) is 8.10. The highest BCUT2D eigenvalue weighted by Gasteiger charge is 2.31. The van der Waals surface area contributed by atoms with Crippen LogP contribution in [0.25, 0.3) is 11.0 Å². The summed E-state index contributed by atoms with van der Waals surface area (Å²) in [6.45, 7) is 3.10. The van der Waals surface area contributed by atoms with Gasteiger partial charge < -0.3 is 9.47 Å². The molecule has 124 valence electrons. The zero-order valence-corrected chi connectivity index (χ0v) is 14.0. The van der Waals surface area contributed by atoms with Gasteiger partial charge in [0, 0.05) is 25.4 Å². The molecule has 0 N–H and O–H groups in total. The highest BCUT2D eigenvalue weighted by atomic mass is 16.2. The summed E-state index contributed by atoms with van der Waals surface area (Å²) in [5, 5.41) is 4.25. The van der Waals surface area contributed by atoms with Gasteiger partial charge in [-0.25, -0.2) is 4.98 Å². The van der Waals surface area contributed by atoms with Crippen LogP contribution >= 0.6 is 0 Å². The number of para-hydroxylation sites is 2. The normalized spacial score (nSPS) is 17.8. The third-order valence-corrected chi connectivity index (χ3v) is 4.82. The van der Waals surface area contributed by atoms with E-state index in [1.807, 2.05) is 60.1 Å². The summed E-state index contributed by atoms with van der Waals surface area (Å²) >= 11 is 0. The molecule has 1 atom stereocenters. The second kappa shape index (κ2) is 5.78. The Morgan fingerprint density at radius 1 is 1.33 bits per heavy atom. The van der Waals surface area contributed by atoms with Crippen LogP contribution in [-0.4, -0.2) is 36.7 Å². The lowest BCUT2D eigenvalue weighted by Crippen LogP contribution is -2.33. The van der Waals surface area contributed by atoms with E-state index in [4.69, 9.17) is 0 Å². The molecule has 6 heteroatoms. The van der Waals surface area contributed by atoms with Gasteiger partial charge in [0.15, 0.2) is 0 Å². The van der Waals surface area contributed by atoms with Crippen LogP contribution in [-0.2, 0) is 18.4 Å². The Morgan fingerprint density at radius 3 is 2.96 bits per heavy atom. The highest BCUT2D eigenvalue weighted by molar-refractivity contribution is 5.81. The Hall–Kier alpha value is -2.63. The van der Waals surface area contributed by atoms with E-state index in [9.17, 15) is 4.79 Å². The average Bonchev–Trinajstić information content (AvgIpc) is 3.27. The van der Waals surface area contributed by atoms with Gasteiger partial charge in [-0.1, -0.05) is 12.1 Å². The summed E-state index contributed by atoms with van der Waals surface area (Å²) in [5.41, 5.74) is 3.07. The molecule has 1 aromatic carbocycles. The molecule has 4 rings (SSSR count). The number of hydrogen-bond acceptors (Lipinski definition) is 3. The first kappa shape index (κ1) is 14.9. The van der Waals surface area contributed by atoms with E-state index in [-0.39, 0.29) is 11.9 Å². The molecule has 0 aliphatic carbocycles. The fraction of sp³-hybridized carbons (Fsp3) is 0.389. The number of carbonyl (C=O) groups is 1. The standard InChI is InChI=1S/C18H21N5O/c1-13-20-15-6-3-4-7-17(15)23(13)12-18(24)22-9-5-8-16(22)14-10-19-21(2)11-14/h3-4,6-7,10-11,16H,5,8-9,12H2,1-2H3/t16-/m0/s1. The number of rotatable bonds is 3. The SMILES string of the molecule is Cc1nc2ccccc2n1CC(=O)N1CCC[C@H]1c1cnn(C)c1. The summed E-state index contributed by atoms with van der Waals surface area (Å²) in [5.74, 6) is 1.02. The van der Waals surface area contributed by atoms with Gasteiger partial charge in [-0.05, 0) is 31.9 Å². The van der Waals surface area contributed by atoms with Gasteiger partial charge in [-0.3, -0.25) is 9.48 Å². The van der Waals surface area contributed by atoms with Crippen molar-refractivity contribution in [3.8, 4) is 0 Å². The van der Waals surface area contributed by atoms with Crippen LogP contribution in [0.15, 0.2) is 36.7 Å². The van der Waals surface area contributed by atoms with Crippen molar-refractivity contribution in [1.82, 2.24) is 24.2 Å². The zero-order valence-electron chi connectivity index (χ0n) is 14.0. The van der Waals surface area contributed by atoms with Crippen LogP contribution in [0.4, 0.5) is 0 Å². The molecular weight excluding hydrogens is 302 g/mol. The summed E-state index contributed by atoms with van der Waals surface area (Å²) in [7, 11) is 1.91. The summed E-state index contributed by atoms with van der Waals surface area (Å²) < 4.78 is 3.81. The van der Waals surface area contributed by atoms with Crippen LogP contribution in [0, 0.1) is 6.92 Å². The van der Waals surface area contributed by atoms with E-state index < -0.39 is 0 Å². The molecule has 0 unspecified atom stereocenters. The van der Waals surface area contributed by atoms with E-state index >= 15 is 0 Å². The van der Waals surface area contributed by atoms with Crippen LogP contribution in [0.5, 0.6) is 0 Å². The smallest absolute Gasteiger partial charge is 0.243 e. The van der Waals surface area contributed by atoms with Crippen molar-refractivity contribution in [2.24, 2.45) is 7.05 Å². The predicted molar refractivity (Wildman–Crippen MR) is 91.4 cm³/mol. The molecule has 1 amide bonds. The largest absolute Gasteiger partial charge is 0.334 e. The van der Waals surface area contributed by atoms with Gasteiger partial charge in [-0.2, -0.15) is 5.10 Å². The van der Waals surface area contributed by atoms with E-state index in [0.717, 1.165) is 41.8 Å². The predicted octanol–water partition coefficient (Wildman–Crippen LogP) is 2.44. The Kier molecular flexibility index (Phi) is 3.59. The molecule has 24 heavy (non-hydrogen) atoms. The lowest BCUT2D eigenvalue weighted by molar-refractivity contribution is -0.132. The number of hydrogen-bond donors (Lipinski definition) is 0. The number of carbonyl (C=O) groups excluding carboxylic acids is 1. The van der Waals surface area contributed by atoms with E-state index in [1.165, 1.54) is 0 Å². The molecule has 1 fully saturated rings. The first-order valence-electron chi connectivity index (χ1n) is 8.33. The molecule has 1 saturated heterocycles. The molecule has 6 nitrogen and oxygen atoms in total. The molecule has 0 radical (unpaired) electrons. The van der Waals surface area contributed by atoms with E-state index in [1.54, 1.807) is 4.68 Å². The molecule has 3 aromatic rings. The summed E-state index contributed by atoms with van der Waals surface area (Å²) in [6.07, 6.45) is 5.91. The van der Waals surface area contributed by atoms with Crippen molar-refractivity contribution < 1.29 is 4.79 Å². The second-order valence-corrected chi connectivity index (χ2v) is 6.43. The van der Waals surface area contributed by atoms with Crippen LogP contribution in [0.2, 0.25) is 0 Å². The van der Waals surface area contributed by atoms with Crippen molar-refractivity contribution in [2.45, 2.75) is 32.4 Å². The number of nitrogens with zero attached hydrogens (tertiary/aromatic N) is 5. The van der Waals surface area contributed by atoms with Gasteiger partial charge in [0.05, 0.1) is 23.3 Å². The monoisotopic (exact) mass is 323 g/mol. The fourth-order valence-corrected chi connectivity index (χ4v) is 3.65. The Morgan fingerprint density at radius 2 is 2.17 bits per heavy atom. The third kappa shape index (κ3) is 2.48. The highest BCUT2D eigenvalue weighted by Crippen LogP contribution is 2.32. The maximum Gasteiger partial charge on any atom is 0.243 e. The first-order chi connectivity index (χ1) is 11.6. The minimum atomic E-state index is 0.140. The molecule has 2 aromatic heterocycles. The first-order valence-corrected chi connectivity index (χ1v) is 8.33. The lowest BCUT2D eigenvalue weighted by Gasteiger charge is -2.24. The van der Waals surface area contributed by atoms with Gasteiger partial charge in [0.2, 0.25) is 5.91 Å². The molecule has 1 aliphatic rings. The van der Waals surface area contributed by atoms with Crippen molar-refractivity contribution >= 4 is 16.9 Å². The third-order valence-electron chi connectivity index (χ3n) is 4.82. The Balaban J connectivity index is 1.60. The maximum atomic E-state index is 12.9. The number of likely N-dealkylation sites (tertiary alicyclic amines) is 1. The van der Waals surface area contributed by atoms with Crippen molar-refractivity contribution in [3.63, 3.8) is 0 Å². The zero-order chi connectivity index (χ0) is 16.7. The number of imidazole rings is 1. The second-order valence-electron chi connectivity index (χ2n) is 6.43. The number of fused-ring (bicyclic) bond motifs is 1. The quantitative estimate of drug-likeness (QED) is 0.744.